The van der Waals surface area contributed by atoms with Crippen molar-refractivity contribution in [2.75, 3.05) is 6.54 Å². The zero-order valence-corrected chi connectivity index (χ0v) is 20.0. The van der Waals surface area contributed by atoms with Crippen LogP contribution in [0.2, 0.25) is 0 Å². The fourth-order valence-electron chi connectivity index (χ4n) is 3.27. The number of allylic oxidation sites excluding steroid dienone is 7. The van der Waals surface area contributed by atoms with Crippen molar-refractivity contribution in [3.63, 3.8) is 0 Å². The first-order chi connectivity index (χ1) is 13.6. The molecule has 0 bridgehead atoms. The molecule has 0 amide bonds. The molecule has 0 saturated heterocycles. The molecular weight excluding hydrogens is 350 g/mol. The van der Waals surface area contributed by atoms with Crippen molar-refractivity contribution in [3.8, 4) is 0 Å². The number of hydrogen-bond donors (Lipinski definition) is 0. The van der Waals surface area contributed by atoms with Crippen LogP contribution >= 0.6 is 0 Å². The fourth-order valence-corrected chi connectivity index (χ4v) is 3.27. The molecular formula is C28H41N. The third kappa shape index (κ3) is 9.26. The Bertz CT molecular complexity index is 792. The molecule has 0 unspecified atom stereocenters. The average molecular weight is 392 g/mol. The van der Waals surface area contributed by atoms with Gasteiger partial charge >= 0.3 is 0 Å². The molecule has 1 heteroatoms. The third-order valence-electron chi connectivity index (χ3n) is 4.68. The van der Waals surface area contributed by atoms with Gasteiger partial charge < -0.3 is 0 Å². The predicted molar refractivity (Wildman–Crippen MR) is 132 cm³/mol. The maximum Gasteiger partial charge on any atom is 0.0415 e. The molecule has 0 N–H and O–H groups in total. The molecule has 29 heavy (non-hydrogen) atoms. The maximum absolute atomic E-state index is 4.87. The van der Waals surface area contributed by atoms with Crippen LogP contribution in [-0.4, -0.2) is 12.3 Å². The Morgan fingerprint density at radius 2 is 1.86 bits per heavy atom. The molecule has 158 valence electrons. The molecule has 1 aromatic carbocycles. The number of hydrogen-bond acceptors (Lipinski definition) is 1. The molecule has 0 radical (unpaired) electrons. The Hall–Kier alpha value is -2.15. The molecule has 0 heterocycles. The molecule has 1 rings (SSSR count). The Morgan fingerprint density at radius 1 is 1.17 bits per heavy atom. The summed E-state index contributed by atoms with van der Waals surface area (Å²) in [6.07, 6.45) is 12.4. The van der Waals surface area contributed by atoms with Gasteiger partial charge in [0, 0.05) is 12.3 Å². The molecule has 0 aliphatic carbocycles. The number of benzene rings is 1. The summed E-state index contributed by atoms with van der Waals surface area (Å²) >= 11 is 0. The van der Waals surface area contributed by atoms with Gasteiger partial charge in [-0.25, -0.2) is 0 Å². The molecule has 0 aliphatic heterocycles. The van der Waals surface area contributed by atoms with E-state index < -0.39 is 0 Å². The minimum atomic E-state index is 0.211. The van der Waals surface area contributed by atoms with Gasteiger partial charge in [-0.05, 0) is 67.2 Å². The molecule has 1 aromatic rings. The van der Waals surface area contributed by atoms with E-state index >= 15 is 0 Å². The van der Waals surface area contributed by atoms with Crippen molar-refractivity contribution in [1.82, 2.24) is 0 Å². The summed E-state index contributed by atoms with van der Waals surface area (Å²) in [5, 5.41) is 0. The quantitative estimate of drug-likeness (QED) is 0.299. The number of aliphatic imine (C=N–C) groups is 1. The summed E-state index contributed by atoms with van der Waals surface area (Å²) in [5.74, 6) is 0.571. The molecule has 1 nitrogen and oxygen atoms in total. The van der Waals surface area contributed by atoms with Gasteiger partial charge in [0.15, 0.2) is 0 Å². The van der Waals surface area contributed by atoms with Crippen LogP contribution in [0.5, 0.6) is 0 Å². The smallest absolute Gasteiger partial charge is 0.0415 e. The van der Waals surface area contributed by atoms with Crippen molar-refractivity contribution < 1.29 is 0 Å². The van der Waals surface area contributed by atoms with Gasteiger partial charge in [0.05, 0.1) is 0 Å². The monoisotopic (exact) mass is 391 g/mol. The lowest BCUT2D eigenvalue weighted by molar-refractivity contribution is 0.410. The van der Waals surface area contributed by atoms with E-state index in [9.17, 15) is 0 Å². The van der Waals surface area contributed by atoms with E-state index in [0.29, 0.717) is 5.92 Å². The average Bonchev–Trinajstić information content (AvgIpc) is 2.63. The van der Waals surface area contributed by atoms with Crippen molar-refractivity contribution in [2.24, 2.45) is 16.3 Å². The van der Waals surface area contributed by atoms with Crippen LogP contribution in [-0.2, 0) is 12.8 Å². The van der Waals surface area contributed by atoms with E-state index in [1.807, 2.05) is 13.0 Å². The lowest BCUT2D eigenvalue weighted by Gasteiger charge is -2.24. The Labute approximate surface area is 180 Å². The summed E-state index contributed by atoms with van der Waals surface area (Å²) in [4.78, 5) is 4.87. The SMILES string of the molecule is C=C\C(=C/C(C)=C/C=C\C)Cc1cccc(/C(C)=N\CC(C)C)c1CC(C)(C)C. The molecule has 0 fully saturated rings. The van der Waals surface area contributed by atoms with Gasteiger partial charge in [-0.15, -0.1) is 0 Å². The molecule has 0 aromatic heterocycles. The summed E-state index contributed by atoms with van der Waals surface area (Å²) < 4.78 is 0. The Balaban J connectivity index is 3.41. The van der Waals surface area contributed by atoms with E-state index in [2.05, 4.69) is 97.5 Å². The summed E-state index contributed by atoms with van der Waals surface area (Å²) in [5.41, 5.74) is 7.93. The van der Waals surface area contributed by atoms with Crippen LogP contribution in [0.1, 0.15) is 72.1 Å². The van der Waals surface area contributed by atoms with Crippen LogP contribution in [0.4, 0.5) is 0 Å². The Morgan fingerprint density at radius 3 is 2.41 bits per heavy atom. The van der Waals surface area contributed by atoms with Gasteiger partial charge in [-0.2, -0.15) is 0 Å². The highest BCUT2D eigenvalue weighted by Gasteiger charge is 2.18. The van der Waals surface area contributed by atoms with Crippen LogP contribution in [0.25, 0.3) is 0 Å². The van der Waals surface area contributed by atoms with E-state index in [4.69, 9.17) is 4.99 Å². The van der Waals surface area contributed by atoms with Crippen molar-refractivity contribution >= 4 is 5.71 Å². The van der Waals surface area contributed by atoms with Crippen LogP contribution in [0.15, 0.2) is 71.3 Å². The largest absolute Gasteiger partial charge is 0.289 e. The summed E-state index contributed by atoms with van der Waals surface area (Å²) in [6, 6.07) is 6.68. The highest BCUT2D eigenvalue weighted by molar-refractivity contribution is 6.00. The van der Waals surface area contributed by atoms with Crippen molar-refractivity contribution in [1.29, 1.82) is 0 Å². The number of nitrogens with zero attached hydrogens (tertiary/aromatic N) is 1. The molecule has 0 atom stereocenters. The second-order valence-corrected chi connectivity index (χ2v) is 9.54. The van der Waals surface area contributed by atoms with E-state index in [1.165, 1.54) is 27.8 Å². The van der Waals surface area contributed by atoms with Gasteiger partial charge in [-0.3, -0.25) is 4.99 Å². The Kier molecular flexibility index (Phi) is 10.1. The molecule has 0 spiro atoms. The van der Waals surface area contributed by atoms with Crippen LogP contribution < -0.4 is 0 Å². The zero-order valence-electron chi connectivity index (χ0n) is 20.0. The van der Waals surface area contributed by atoms with Gasteiger partial charge in [0.2, 0.25) is 0 Å². The molecule has 0 aliphatic rings. The number of rotatable bonds is 9. The standard InChI is InChI=1S/C28H41N/c1-10-12-14-22(5)17-24(11-2)18-25-15-13-16-26(23(6)29-20-21(3)4)27(25)19-28(7,8)9/h10-17,21H,2,18-20H2,1,3-9H3/b12-10-,22-14+,24-17+,29-23-. The van der Waals surface area contributed by atoms with Gasteiger partial charge in [0.25, 0.3) is 0 Å². The topological polar surface area (TPSA) is 12.4 Å². The lowest BCUT2D eigenvalue weighted by atomic mass is 9.82. The van der Waals surface area contributed by atoms with Crippen molar-refractivity contribution in [3.05, 3.63) is 83.0 Å². The highest BCUT2D eigenvalue weighted by atomic mass is 14.7. The maximum atomic E-state index is 4.87. The summed E-state index contributed by atoms with van der Waals surface area (Å²) in [7, 11) is 0. The van der Waals surface area contributed by atoms with Gasteiger partial charge in [-0.1, -0.05) is 95.3 Å². The summed E-state index contributed by atoms with van der Waals surface area (Å²) in [6.45, 7) is 22.6. The van der Waals surface area contributed by atoms with E-state index in [1.54, 1.807) is 0 Å². The zero-order chi connectivity index (χ0) is 22.0. The first-order valence-electron chi connectivity index (χ1n) is 10.8. The van der Waals surface area contributed by atoms with Crippen molar-refractivity contribution in [2.45, 2.75) is 68.2 Å². The first kappa shape index (κ1) is 24.9. The normalized spacial score (nSPS) is 14.2. The van der Waals surface area contributed by atoms with E-state index in [0.717, 1.165) is 25.1 Å². The minimum Gasteiger partial charge on any atom is -0.289 e. The van der Waals surface area contributed by atoms with Gasteiger partial charge in [0.1, 0.15) is 0 Å². The predicted octanol–water partition coefficient (Wildman–Crippen LogP) is 7.92. The third-order valence-corrected chi connectivity index (χ3v) is 4.68. The lowest BCUT2D eigenvalue weighted by Crippen LogP contribution is -2.15. The highest BCUT2D eigenvalue weighted by Crippen LogP contribution is 2.28. The second kappa shape index (κ2) is 11.8. The first-order valence-corrected chi connectivity index (χ1v) is 10.8. The minimum absolute atomic E-state index is 0.211. The molecule has 0 saturated carbocycles. The van der Waals surface area contributed by atoms with E-state index in [-0.39, 0.29) is 5.41 Å². The van der Waals surface area contributed by atoms with Crippen LogP contribution in [0.3, 0.4) is 0 Å². The second-order valence-electron chi connectivity index (χ2n) is 9.54. The fraction of sp³-hybridized carbons (Fsp3) is 0.464. The van der Waals surface area contributed by atoms with Crippen LogP contribution in [0, 0.1) is 11.3 Å².